The third kappa shape index (κ3) is 2.94. The summed E-state index contributed by atoms with van der Waals surface area (Å²) < 4.78 is 0. The van der Waals surface area contributed by atoms with Crippen LogP contribution in [-0.2, 0) is 0 Å². The third-order valence-electron chi connectivity index (χ3n) is 3.03. The van der Waals surface area contributed by atoms with Crippen LogP contribution < -0.4 is 11.1 Å². The second-order valence-electron chi connectivity index (χ2n) is 4.45. The Hall–Kier alpha value is -3.02. The highest BCUT2D eigenvalue weighted by Crippen LogP contribution is 2.22. The fraction of sp³-hybridized carbons (Fsp3) is 0.0667. The number of amides is 1. The molecule has 108 valence electrons. The lowest BCUT2D eigenvalue weighted by Crippen LogP contribution is -2.20. The van der Waals surface area contributed by atoms with Crippen LogP contribution in [0.25, 0.3) is 0 Å². The van der Waals surface area contributed by atoms with Gasteiger partial charge in [-0.2, -0.15) is 0 Å². The summed E-state index contributed by atoms with van der Waals surface area (Å²) >= 11 is 0. The van der Waals surface area contributed by atoms with Crippen molar-refractivity contribution in [2.24, 2.45) is 10.9 Å². The van der Waals surface area contributed by atoms with E-state index in [1.54, 1.807) is 37.3 Å². The van der Waals surface area contributed by atoms with Crippen LogP contribution in [0, 0.1) is 6.92 Å². The van der Waals surface area contributed by atoms with E-state index >= 15 is 0 Å². The zero-order valence-corrected chi connectivity index (χ0v) is 11.4. The van der Waals surface area contributed by atoms with Gasteiger partial charge in [-0.1, -0.05) is 29.4 Å². The Labute approximate surface area is 121 Å². The number of oxime groups is 1. The number of phenols is 1. The summed E-state index contributed by atoms with van der Waals surface area (Å²) in [7, 11) is 0. The van der Waals surface area contributed by atoms with Gasteiger partial charge in [0, 0.05) is 5.56 Å². The highest BCUT2D eigenvalue weighted by atomic mass is 16.4. The predicted octanol–water partition coefficient (Wildman–Crippen LogP) is 2.05. The fourth-order valence-electron chi connectivity index (χ4n) is 2.02. The monoisotopic (exact) mass is 285 g/mol. The molecule has 0 aromatic heterocycles. The molecule has 1 amide bonds. The summed E-state index contributed by atoms with van der Waals surface area (Å²) in [5, 5.41) is 24.2. The molecule has 0 heterocycles. The van der Waals surface area contributed by atoms with E-state index in [0.717, 1.165) is 5.56 Å². The van der Waals surface area contributed by atoms with E-state index in [9.17, 15) is 9.90 Å². The maximum absolute atomic E-state index is 12.2. The standard InChI is InChI=1S/C15H15N3O3/c1-9-5-4-7-11(13(9)14(16)18-21)17-15(20)10-6-2-3-8-12(10)19/h2-8,19,21H,1H3,(H2,16,18)(H,17,20). The van der Waals surface area contributed by atoms with Gasteiger partial charge in [-0.3, -0.25) is 4.79 Å². The molecule has 0 saturated heterocycles. The summed E-state index contributed by atoms with van der Waals surface area (Å²) in [4.78, 5) is 12.2. The summed E-state index contributed by atoms with van der Waals surface area (Å²) in [5.74, 6) is -0.695. The first kappa shape index (κ1) is 14.4. The van der Waals surface area contributed by atoms with Crippen molar-refractivity contribution in [3.05, 3.63) is 59.2 Å². The number of nitrogens with one attached hydrogen (secondary N) is 1. The Kier molecular flexibility index (Phi) is 4.08. The number of nitrogens with two attached hydrogens (primary N) is 1. The minimum absolute atomic E-state index is 0.0966. The third-order valence-corrected chi connectivity index (χ3v) is 3.03. The molecule has 0 aliphatic carbocycles. The Bertz CT molecular complexity index is 711. The van der Waals surface area contributed by atoms with Crippen LogP contribution >= 0.6 is 0 Å². The number of hydrogen-bond acceptors (Lipinski definition) is 4. The van der Waals surface area contributed by atoms with Crippen molar-refractivity contribution in [1.82, 2.24) is 0 Å². The zero-order valence-electron chi connectivity index (χ0n) is 11.4. The maximum Gasteiger partial charge on any atom is 0.259 e. The van der Waals surface area contributed by atoms with Crippen LogP contribution in [-0.4, -0.2) is 22.1 Å². The molecule has 0 saturated carbocycles. The topological polar surface area (TPSA) is 108 Å². The molecule has 2 rings (SSSR count). The van der Waals surface area contributed by atoms with Crippen LogP contribution in [0.15, 0.2) is 47.6 Å². The summed E-state index contributed by atoms with van der Waals surface area (Å²) in [5.41, 5.74) is 7.37. The molecule has 0 aliphatic rings. The van der Waals surface area contributed by atoms with Gasteiger partial charge in [0.15, 0.2) is 5.84 Å². The Morgan fingerprint density at radius 1 is 1.19 bits per heavy atom. The first-order valence-electron chi connectivity index (χ1n) is 6.21. The Morgan fingerprint density at radius 3 is 2.57 bits per heavy atom. The first-order valence-corrected chi connectivity index (χ1v) is 6.21. The lowest BCUT2D eigenvalue weighted by molar-refractivity contribution is 0.102. The normalized spacial score (nSPS) is 11.2. The number of benzene rings is 2. The molecule has 5 N–H and O–H groups in total. The van der Waals surface area contributed by atoms with E-state index in [-0.39, 0.29) is 17.1 Å². The number of carbonyl (C=O) groups is 1. The summed E-state index contributed by atoms with van der Waals surface area (Å²) in [6.45, 7) is 1.78. The van der Waals surface area contributed by atoms with Crippen molar-refractivity contribution < 1.29 is 15.1 Å². The summed E-state index contributed by atoms with van der Waals surface area (Å²) in [6.07, 6.45) is 0. The van der Waals surface area contributed by atoms with Gasteiger partial charge in [-0.05, 0) is 30.7 Å². The van der Waals surface area contributed by atoms with Gasteiger partial charge >= 0.3 is 0 Å². The van der Waals surface area contributed by atoms with Crippen LogP contribution in [0.4, 0.5) is 5.69 Å². The number of para-hydroxylation sites is 1. The van der Waals surface area contributed by atoms with E-state index in [4.69, 9.17) is 10.9 Å². The predicted molar refractivity (Wildman–Crippen MR) is 79.7 cm³/mol. The average molecular weight is 285 g/mol. The first-order chi connectivity index (χ1) is 10.0. The van der Waals surface area contributed by atoms with Crippen molar-refractivity contribution >= 4 is 17.4 Å². The van der Waals surface area contributed by atoms with Gasteiger partial charge < -0.3 is 21.4 Å². The van der Waals surface area contributed by atoms with Gasteiger partial charge in [-0.15, -0.1) is 0 Å². The van der Waals surface area contributed by atoms with Gasteiger partial charge in [0.2, 0.25) is 0 Å². The van der Waals surface area contributed by atoms with Crippen molar-refractivity contribution in [3.8, 4) is 5.75 Å². The van der Waals surface area contributed by atoms with Crippen molar-refractivity contribution in [2.75, 3.05) is 5.32 Å². The lowest BCUT2D eigenvalue weighted by atomic mass is 10.1. The van der Waals surface area contributed by atoms with Gasteiger partial charge in [0.25, 0.3) is 5.91 Å². The molecule has 0 bridgehead atoms. The number of anilines is 1. The van der Waals surface area contributed by atoms with E-state index in [0.29, 0.717) is 11.3 Å². The molecule has 0 unspecified atom stereocenters. The number of carbonyl (C=O) groups excluding carboxylic acids is 1. The van der Waals surface area contributed by atoms with Gasteiger partial charge in [-0.25, -0.2) is 0 Å². The number of phenolic OH excluding ortho intramolecular Hbond substituents is 1. The Morgan fingerprint density at radius 2 is 1.90 bits per heavy atom. The molecular weight excluding hydrogens is 270 g/mol. The van der Waals surface area contributed by atoms with Crippen LogP contribution in [0.1, 0.15) is 21.5 Å². The Balaban J connectivity index is 2.39. The van der Waals surface area contributed by atoms with Gasteiger partial charge in [0.05, 0.1) is 11.3 Å². The number of nitrogens with zero attached hydrogens (tertiary/aromatic N) is 1. The van der Waals surface area contributed by atoms with E-state index in [1.165, 1.54) is 12.1 Å². The van der Waals surface area contributed by atoms with Crippen LogP contribution in [0.5, 0.6) is 5.75 Å². The molecule has 2 aromatic carbocycles. The smallest absolute Gasteiger partial charge is 0.259 e. The van der Waals surface area contributed by atoms with E-state index in [1.807, 2.05) is 0 Å². The van der Waals surface area contributed by atoms with E-state index < -0.39 is 5.91 Å². The SMILES string of the molecule is Cc1cccc(NC(=O)c2ccccc2O)c1/C(N)=N/O. The highest BCUT2D eigenvalue weighted by Gasteiger charge is 2.15. The molecule has 6 nitrogen and oxygen atoms in total. The molecule has 0 atom stereocenters. The largest absolute Gasteiger partial charge is 0.507 e. The molecule has 6 heteroatoms. The molecule has 21 heavy (non-hydrogen) atoms. The minimum atomic E-state index is -0.481. The quantitative estimate of drug-likeness (QED) is 0.299. The van der Waals surface area contributed by atoms with Gasteiger partial charge in [0.1, 0.15) is 5.75 Å². The second kappa shape index (κ2) is 5.96. The number of aryl methyl sites for hydroxylation is 1. The number of hydrogen-bond donors (Lipinski definition) is 4. The number of amidine groups is 1. The molecule has 0 radical (unpaired) electrons. The maximum atomic E-state index is 12.2. The number of rotatable bonds is 3. The molecular formula is C15H15N3O3. The van der Waals surface area contributed by atoms with Crippen molar-refractivity contribution in [2.45, 2.75) is 6.92 Å². The van der Waals surface area contributed by atoms with Crippen LogP contribution in [0.2, 0.25) is 0 Å². The van der Waals surface area contributed by atoms with Crippen molar-refractivity contribution in [3.63, 3.8) is 0 Å². The minimum Gasteiger partial charge on any atom is -0.507 e. The molecule has 2 aromatic rings. The zero-order chi connectivity index (χ0) is 15.4. The second-order valence-corrected chi connectivity index (χ2v) is 4.45. The average Bonchev–Trinajstić information content (AvgIpc) is 2.47. The molecule has 0 spiro atoms. The molecule has 0 aliphatic heterocycles. The fourth-order valence-corrected chi connectivity index (χ4v) is 2.02. The summed E-state index contributed by atoms with van der Waals surface area (Å²) in [6, 6.07) is 11.4. The van der Waals surface area contributed by atoms with Crippen molar-refractivity contribution in [1.29, 1.82) is 0 Å². The van der Waals surface area contributed by atoms with E-state index in [2.05, 4.69) is 10.5 Å². The van der Waals surface area contributed by atoms with Crippen LogP contribution in [0.3, 0.4) is 0 Å². The highest BCUT2D eigenvalue weighted by molar-refractivity contribution is 6.11. The number of aromatic hydroxyl groups is 1. The lowest BCUT2D eigenvalue weighted by Gasteiger charge is -2.13. The molecule has 0 fully saturated rings.